The van der Waals surface area contributed by atoms with Crippen LogP contribution in [-0.4, -0.2) is 29.2 Å². The molecular formula is C19H20N4O2. The maximum absolute atomic E-state index is 12.7. The molecule has 1 aromatic carbocycles. The van der Waals surface area contributed by atoms with E-state index in [1.54, 1.807) is 18.4 Å². The molecule has 0 radical (unpaired) electrons. The second-order valence-corrected chi connectivity index (χ2v) is 6.24. The Bertz CT molecular complexity index is 859. The number of carbonyl (C=O) groups is 1. The average molecular weight is 336 g/mol. The lowest BCUT2D eigenvalue weighted by Gasteiger charge is -2.17. The maximum Gasteiger partial charge on any atom is 0.259 e. The minimum absolute atomic E-state index is 0.202. The first-order valence-electron chi connectivity index (χ1n) is 8.47. The van der Waals surface area contributed by atoms with Crippen molar-refractivity contribution in [1.29, 1.82) is 0 Å². The number of hydrogen-bond acceptors (Lipinski definition) is 4. The Morgan fingerprint density at radius 1 is 1.20 bits per heavy atom. The second kappa shape index (κ2) is 6.47. The smallest absolute Gasteiger partial charge is 0.259 e. The standard InChI is InChI=1S/C19H20N4O2/c1-13-17(18(22-21-13)16-5-4-12-25-16)19(24)20-14-6-8-15(9-7-14)23-10-2-3-11-23/h4-9,12H,2-3,10-11H2,1H3,(H,20,24)(H,21,22). The van der Waals surface area contributed by atoms with Crippen molar-refractivity contribution in [2.24, 2.45) is 0 Å². The number of amides is 1. The second-order valence-electron chi connectivity index (χ2n) is 6.24. The van der Waals surface area contributed by atoms with E-state index in [9.17, 15) is 4.79 Å². The zero-order valence-electron chi connectivity index (χ0n) is 14.1. The van der Waals surface area contributed by atoms with Crippen molar-refractivity contribution in [3.8, 4) is 11.5 Å². The fourth-order valence-corrected chi connectivity index (χ4v) is 3.22. The molecule has 3 aromatic rings. The highest BCUT2D eigenvalue weighted by atomic mass is 16.3. The van der Waals surface area contributed by atoms with Gasteiger partial charge in [-0.15, -0.1) is 0 Å². The van der Waals surface area contributed by atoms with Gasteiger partial charge in [-0.25, -0.2) is 0 Å². The van der Waals surface area contributed by atoms with Gasteiger partial charge in [-0.2, -0.15) is 5.10 Å². The van der Waals surface area contributed by atoms with Gasteiger partial charge in [0, 0.05) is 30.2 Å². The molecule has 1 aliphatic heterocycles. The third-order valence-electron chi connectivity index (χ3n) is 4.53. The molecule has 6 nitrogen and oxygen atoms in total. The summed E-state index contributed by atoms with van der Waals surface area (Å²) in [5.41, 5.74) is 3.69. The quantitative estimate of drug-likeness (QED) is 0.759. The van der Waals surface area contributed by atoms with E-state index < -0.39 is 0 Å². The van der Waals surface area contributed by atoms with E-state index >= 15 is 0 Å². The number of aromatic amines is 1. The van der Waals surface area contributed by atoms with Crippen LogP contribution in [0.2, 0.25) is 0 Å². The molecule has 1 amide bonds. The van der Waals surface area contributed by atoms with E-state index in [-0.39, 0.29) is 5.91 Å². The van der Waals surface area contributed by atoms with Crippen molar-refractivity contribution in [2.75, 3.05) is 23.3 Å². The van der Waals surface area contributed by atoms with Gasteiger partial charge in [-0.05, 0) is 56.2 Å². The monoisotopic (exact) mass is 336 g/mol. The molecule has 2 N–H and O–H groups in total. The van der Waals surface area contributed by atoms with Gasteiger partial charge in [-0.3, -0.25) is 9.89 Å². The molecule has 0 aliphatic carbocycles. The van der Waals surface area contributed by atoms with E-state index in [0.717, 1.165) is 18.8 Å². The molecular weight excluding hydrogens is 316 g/mol. The van der Waals surface area contributed by atoms with Gasteiger partial charge in [0.2, 0.25) is 0 Å². The minimum Gasteiger partial charge on any atom is -0.463 e. The third-order valence-corrected chi connectivity index (χ3v) is 4.53. The first kappa shape index (κ1) is 15.5. The Kier molecular flexibility index (Phi) is 4.01. The lowest BCUT2D eigenvalue weighted by Crippen LogP contribution is -2.17. The van der Waals surface area contributed by atoms with Crippen LogP contribution in [0.15, 0.2) is 47.1 Å². The molecule has 0 atom stereocenters. The zero-order valence-corrected chi connectivity index (χ0v) is 14.1. The van der Waals surface area contributed by atoms with E-state index in [2.05, 4.69) is 32.5 Å². The molecule has 128 valence electrons. The van der Waals surface area contributed by atoms with E-state index in [0.29, 0.717) is 22.7 Å². The fourth-order valence-electron chi connectivity index (χ4n) is 3.22. The summed E-state index contributed by atoms with van der Waals surface area (Å²) in [6.45, 7) is 4.03. The molecule has 25 heavy (non-hydrogen) atoms. The van der Waals surface area contributed by atoms with Gasteiger partial charge in [-0.1, -0.05) is 0 Å². The van der Waals surface area contributed by atoms with Crippen LogP contribution in [0.5, 0.6) is 0 Å². The first-order chi connectivity index (χ1) is 12.2. The normalized spacial score (nSPS) is 14.0. The highest BCUT2D eigenvalue weighted by molar-refractivity contribution is 6.08. The molecule has 2 aromatic heterocycles. The van der Waals surface area contributed by atoms with Crippen LogP contribution in [0.25, 0.3) is 11.5 Å². The summed E-state index contributed by atoms with van der Waals surface area (Å²) in [6.07, 6.45) is 4.06. The van der Waals surface area contributed by atoms with Crippen molar-refractivity contribution in [3.05, 3.63) is 53.9 Å². The molecule has 1 fully saturated rings. The van der Waals surface area contributed by atoms with Crippen molar-refractivity contribution < 1.29 is 9.21 Å². The van der Waals surface area contributed by atoms with Gasteiger partial charge < -0.3 is 14.6 Å². The number of carbonyl (C=O) groups excluding carboxylic acids is 1. The Balaban J connectivity index is 1.53. The SMILES string of the molecule is Cc1[nH]nc(-c2ccco2)c1C(=O)Nc1ccc(N2CCCC2)cc1. The number of benzene rings is 1. The zero-order chi connectivity index (χ0) is 17.2. The Morgan fingerprint density at radius 2 is 1.96 bits per heavy atom. The number of furan rings is 1. The molecule has 4 rings (SSSR count). The predicted molar refractivity (Wildman–Crippen MR) is 96.9 cm³/mol. The Morgan fingerprint density at radius 3 is 2.64 bits per heavy atom. The molecule has 6 heteroatoms. The van der Waals surface area contributed by atoms with Crippen LogP contribution < -0.4 is 10.2 Å². The third kappa shape index (κ3) is 3.03. The summed E-state index contributed by atoms with van der Waals surface area (Å²) in [5.74, 6) is 0.366. The van der Waals surface area contributed by atoms with Gasteiger partial charge in [0.25, 0.3) is 5.91 Å². The molecule has 0 unspecified atom stereocenters. The van der Waals surface area contributed by atoms with Gasteiger partial charge >= 0.3 is 0 Å². The average Bonchev–Trinajstić information content (AvgIpc) is 3.37. The lowest BCUT2D eigenvalue weighted by atomic mass is 10.1. The molecule has 0 saturated carbocycles. The van der Waals surface area contributed by atoms with Crippen LogP contribution >= 0.6 is 0 Å². The number of aromatic nitrogens is 2. The largest absolute Gasteiger partial charge is 0.463 e. The summed E-state index contributed by atoms with van der Waals surface area (Å²) in [7, 11) is 0. The van der Waals surface area contributed by atoms with Crippen LogP contribution in [0.1, 0.15) is 28.9 Å². The summed E-state index contributed by atoms with van der Waals surface area (Å²) < 4.78 is 5.38. The molecule has 0 spiro atoms. The summed E-state index contributed by atoms with van der Waals surface area (Å²) in [5, 5.41) is 10.0. The molecule has 0 bridgehead atoms. The van der Waals surface area contributed by atoms with Crippen molar-refractivity contribution in [1.82, 2.24) is 10.2 Å². The number of hydrogen-bond donors (Lipinski definition) is 2. The van der Waals surface area contributed by atoms with E-state index in [4.69, 9.17) is 4.42 Å². The first-order valence-corrected chi connectivity index (χ1v) is 8.47. The van der Waals surface area contributed by atoms with Gasteiger partial charge in [0.1, 0.15) is 5.69 Å². The van der Waals surface area contributed by atoms with Crippen LogP contribution in [-0.2, 0) is 0 Å². The van der Waals surface area contributed by atoms with Crippen molar-refractivity contribution >= 4 is 17.3 Å². The van der Waals surface area contributed by atoms with E-state index in [1.165, 1.54) is 18.5 Å². The molecule has 1 aliphatic rings. The number of rotatable bonds is 4. The number of H-pyrrole nitrogens is 1. The minimum atomic E-state index is -0.202. The maximum atomic E-state index is 12.7. The molecule has 3 heterocycles. The van der Waals surface area contributed by atoms with Crippen molar-refractivity contribution in [3.63, 3.8) is 0 Å². The van der Waals surface area contributed by atoms with Crippen LogP contribution in [0.3, 0.4) is 0 Å². The highest BCUT2D eigenvalue weighted by Gasteiger charge is 2.21. The van der Waals surface area contributed by atoms with Gasteiger partial charge in [0.15, 0.2) is 5.76 Å². The van der Waals surface area contributed by atoms with Crippen LogP contribution in [0, 0.1) is 6.92 Å². The van der Waals surface area contributed by atoms with E-state index in [1.807, 2.05) is 19.1 Å². The lowest BCUT2D eigenvalue weighted by molar-refractivity contribution is 0.102. The predicted octanol–water partition coefficient (Wildman–Crippen LogP) is 3.83. The topological polar surface area (TPSA) is 74.2 Å². The van der Waals surface area contributed by atoms with Crippen LogP contribution in [0.4, 0.5) is 11.4 Å². The fraction of sp³-hybridized carbons (Fsp3) is 0.263. The summed E-state index contributed by atoms with van der Waals surface area (Å²) in [6, 6.07) is 11.5. The number of nitrogens with one attached hydrogen (secondary N) is 2. The van der Waals surface area contributed by atoms with Crippen molar-refractivity contribution in [2.45, 2.75) is 19.8 Å². The Labute approximate surface area is 145 Å². The summed E-state index contributed by atoms with van der Waals surface area (Å²) >= 11 is 0. The number of nitrogens with zero attached hydrogens (tertiary/aromatic N) is 2. The van der Waals surface area contributed by atoms with Gasteiger partial charge in [0.05, 0.1) is 11.8 Å². The number of aryl methyl sites for hydroxylation is 1. The number of anilines is 2. The highest BCUT2D eigenvalue weighted by Crippen LogP contribution is 2.26. The molecule has 1 saturated heterocycles. The summed E-state index contributed by atoms with van der Waals surface area (Å²) in [4.78, 5) is 15.1. The Hall–Kier alpha value is -3.02.